The number of carbonyl (C=O) groups excluding carboxylic acids is 1. The Balaban J connectivity index is 2.36. The number of amides is 1. The Morgan fingerprint density at radius 1 is 1.10 bits per heavy atom. The third kappa shape index (κ3) is 2.96. The predicted octanol–water partition coefficient (Wildman–Crippen LogP) is 4.28. The van der Waals surface area contributed by atoms with E-state index in [4.69, 9.17) is 11.6 Å². The van der Waals surface area contributed by atoms with Crippen molar-refractivity contribution in [3.63, 3.8) is 0 Å². The zero-order valence-corrected chi connectivity index (χ0v) is 11.5. The van der Waals surface area contributed by atoms with Gasteiger partial charge in [-0.3, -0.25) is 4.79 Å². The molecule has 0 N–H and O–H groups in total. The van der Waals surface area contributed by atoms with Crippen LogP contribution in [0.15, 0.2) is 42.5 Å². The number of hydrogen-bond donors (Lipinski definition) is 0. The van der Waals surface area contributed by atoms with Gasteiger partial charge in [0, 0.05) is 12.2 Å². The van der Waals surface area contributed by atoms with Gasteiger partial charge in [0.15, 0.2) is 0 Å². The van der Waals surface area contributed by atoms with E-state index in [2.05, 4.69) is 0 Å². The second kappa shape index (κ2) is 6.01. The molecule has 2 aromatic carbocycles. The second-order valence-electron chi connectivity index (χ2n) is 4.15. The molecule has 2 nitrogen and oxygen atoms in total. The van der Waals surface area contributed by atoms with Crippen molar-refractivity contribution in [1.29, 1.82) is 0 Å². The summed E-state index contributed by atoms with van der Waals surface area (Å²) in [6.45, 7) is 2.18. The monoisotopic (exact) mass is 295 g/mol. The van der Waals surface area contributed by atoms with Gasteiger partial charge in [-0.15, -0.1) is 0 Å². The molecule has 0 saturated heterocycles. The maximum atomic E-state index is 13.0. The van der Waals surface area contributed by atoms with Gasteiger partial charge in [-0.2, -0.15) is 0 Å². The second-order valence-corrected chi connectivity index (χ2v) is 4.56. The Kier molecular flexibility index (Phi) is 4.35. The molecule has 0 aliphatic carbocycles. The fourth-order valence-corrected chi connectivity index (χ4v) is 2.12. The molecule has 0 unspecified atom stereocenters. The average molecular weight is 296 g/mol. The smallest absolute Gasteiger partial charge is 0.259 e. The van der Waals surface area contributed by atoms with Crippen LogP contribution in [0.3, 0.4) is 0 Å². The van der Waals surface area contributed by atoms with E-state index in [0.29, 0.717) is 12.2 Å². The molecule has 0 aliphatic rings. The molecule has 0 radical (unpaired) electrons. The van der Waals surface area contributed by atoms with E-state index < -0.39 is 5.82 Å². The molecule has 0 fully saturated rings. The quantitative estimate of drug-likeness (QED) is 0.827. The summed E-state index contributed by atoms with van der Waals surface area (Å²) in [6, 6.07) is 9.18. The first-order valence-electron chi connectivity index (χ1n) is 6.05. The van der Waals surface area contributed by atoms with Gasteiger partial charge in [0.2, 0.25) is 0 Å². The fourth-order valence-electron chi connectivity index (χ4n) is 1.87. The zero-order valence-electron chi connectivity index (χ0n) is 10.7. The lowest BCUT2D eigenvalue weighted by molar-refractivity contribution is 0.0988. The molecule has 2 aromatic rings. The SMILES string of the molecule is CCN(C(=O)c1ccc(F)cc1Cl)c1ccc(F)cc1. The van der Waals surface area contributed by atoms with E-state index >= 15 is 0 Å². The number of carbonyl (C=O) groups is 1. The Morgan fingerprint density at radius 2 is 1.70 bits per heavy atom. The largest absolute Gasteiger partial charge is 0.309 e. The van der Waals surface area contributed by atoms with Crippen molar-refractivity contribution in [2.24, 2.45) is 0 Å². The van der Waals surface area contributed by atoms with Crippen LogP contribution >= 0.6 is 11.6 Å². The molecule has 0 aromatic heterocycles. The number of hydrogen-bond acceptors (Lipinski definition) is 1. The van der Waals surface area contributed by atoms with E-state index in [0.717, 1.165) is 6.07 Å². The highest BCUT2D eigenvalue weighted by Gasteiger charge is 2.19. The molecule has 5 heteroatoms. The maximum absolute atomic E-state index is 13.0. The van der Waals surface area contributed by atoms with Crippen LogP contribution in [0, 0.1) is 11.6 Å². The topological polar surface area (TPSA) is 20.3 Å². The third-order valence-electron chi connectivity index (χ3n) is 2.86. The molecule has 104 valence electrons. The Labute approximate surface area is 120 Å². The van der Waals surface area contributed by atoms with Crippen LogP contribution in [-0.2, 0) is 0 Å². The minimum absolute atomic E-state index is 0.0514. The molecule has 0 atom stereocenters. The van der Waals surface area contributed by atoms with Crippen molar-refractivity contribution in [2.75, 3.05) is 11.4 Å². The van der Waals surface area contributed by atoms with Gasteiger partial charge in [0.1, 0.15) is 11.6 Å². The summed E-state index contributed by atoms with van der Waals surface area (Å²) >= 11 is 5.89. The van der Waals surface area contributed by atoms with Crippen molar-refractivity contribution in [3.05, 3.63) is 64.7 Å². The van der Waals surface area contributed by atoms with Crippen molar-refractivity contribution in [1.82, 2.24) is 0 Å². The van der Waals surface area contributed by atoms with Crippen LogP contribution in [0.4, 0.5) is 14.5 Å². The fraction of sp³-hybridized carbons (Fsp3) is 0.133. The minimum atomic E-state index is -0.503. The number of halogens is 3. The Bertz CT molecular complexity index is 628. The van der Waals surface area contributed by atoms with E-state index in [9.17, 15) is 13.6 Å². The zero-order chi connectivity index (χ0) is 14.7. The maximum Gasteiger partial charge on any atom is 0.259 e. The van der Waals surface area contributed by atoms with Crippen LogP contribution in [0.25, 0.3) is 0 Å². The summed E-state index contributed by atoms with van der Waals surface area (Å²) in [7, 11) is 0. The Morgan fingerprint density at radius 3 is 2.25 bits per heavy atom. The summed E-state index contributed by atoms with van der Waals surface area (Å²) < 4.78 is 25.9. The molecule has 0 aliphatic heterocycles. The standard InChI is InChI=1S/C15H12ClF2NO/c1-2-19(12-6-3-10(17)4-7-12)15(20)13-8-5-11(18)9-14(13)16/h3-9H,2H2,1H3. The molecule has 0 bridgehead atoms. The van der Waals surface area contributed by atoms with Gasteiger partial charge in [0.25, 0.3) is 5.91 Å². The minimum Gasteiger partial charge on any atom is -0.309 e. The number of anilines is 1. The van der Waals surface area contributed by atoms with Crippen LogP contribution in [0.1, 0.15) is 17.3 Å². The van der Waals surface area contributed by atoms with Gasteiger partial charge in [-0.25, -0.2) is 8.78 Å². The van der Waals surface area contributed by atoms with Crippen molar-refractivity contribution < 1.29 is 13.6 Å². The molecule has 0 saturated carbocycles. The molecular formula is C15H12ClF2NO. The van der Waals surface area contributed by atoms with Gasteiger partial charge in [0.05, 0.1) is 10.6 Å². The highest BCUT2D eigenvalue weighted by molar-refractivity contribution is 6.34. The first kappa shape index (κ1) is 14.5. The molecule has 0 heterocycles. The average Bonchev–Trinajstić information content (AvgIpc) is 2.41. The summed E-state index contributed by atoms with van der Waals surface area (Å²) in [5.41, 5.74) is 0.763. The van der Waals surface area contributed by atoms with Crippen molar-refractivity contribution in [3.8, 4) is 0 Å². The normalized spacial score (nSPS) is 10.4. The van der Waals surface area contributed by atoms with Gasteiger partial charge in [-0.1, -0.05) is 11.6 Å². The van der Waals surface area contributed by atoms with Crippen LogP contribution < -0.4 is 4.90 Å². The number of benzene rings is 2. The summed E-state index contributed by atoms with van der Waals surface area (Å²) in [4.78, 5) is 13.9. The van der Waals surface area contributed by atoms with E-state index in [1.165, 1.54) is 41.3 Å². The van der Waals surface area contributed by atoms with Crippen LogP contribution in [0.2, 0.25) is 5.02 Å². The molecule has 0 spiro atoms. The van der Waals surface area contributed by atoms with Gasteiger partial charge >= 0.3 is 0 Å². The molecular weight excluding hydrogens is 284 g/mol. The number of rotatable bonds is 3. The highest BCUT2D eigenvalue weighted by Crippen LogP contribution is 2.23. The first-order chi connectivity index (χ1) is 9.52. The molecule has 2 rings (SSSR count). The third-order valence-corrected chi connectivity index (χ3v) is 3.17. The van der Waals surface area contributed by atoms with Gasteiger partial charge < -0.3 is 4.90 Å². The van der Waals surface area contributed by atoms with E-state index in [1.54, 1.807) is 6.92 Å². The first-order valence-corrected chi connectivity index (χ1v) is 6.43. The van der Waals surface area contributed by atoms with Gasteiger partial charge in [-0.05, 0) is 49.4 Å². The molecule has 20 heavy (non-hydrogen) atoms. The van der Waals surface area contributed by atoms with E-state index in [1.807, 2.05) is 0 Å². The van der Waals surface area contributed by atoms with Crippen LogP contribution in [-0.4, -0.2) is 12.5 Å². The highest BCUT2D eigenvalue weighted by atomic mass is 35.5. The summed E-state index contributed by atoms with van der Waals surface area (Å²) in [5, 5.41) is 0.0514. The van der Waals surface area contributed by atoms with Crippen molar-refractivity contribution in [2.45, 2.75) is 6.92 Å². The van der Waals surface area contributed by atoms with Crippen LogP contribution in [0.5, 0.6) is 0 Å². The summed E-state index contributed by atoms with van der Waals surface area (Å²) in [6.07, 6.45) is 0. The lowest BCUT2D eigenvalue weighted by Gasteiger charge is -2.21. The number of nitrogens with zero attached hydrogens (tertiary/aromatic N) is 1. The predicted molar refractivity (Wildman–Crippen MR) is 75.2 cm³/mol. The summed E-state index contributed by atoms with van der Waals surface area (Å²) in [5.74, 6) is -1.24. The van der Waals surface area contributed by atoms with E-state index in [-0.39, 0.29) is 22.3 Å². The van der Waals surface area contributed by atoms with Crippen molar-refractivity contribution >= 4 is 23.2 Å². The molecule has 1 amide bonds. The Hall–Kier alpha value is -1.94. The lowest BCUT2D eigenvalue weighted by Crippen LogP contribution is -2.30. The lowest BCUT2D eigenvalue weighted by atomic mass is 10.1.